The molecule has 0 saturated carbocycles. The summed E-state index contributed by atoms with van der Waals surface area (Å²) >= 11 is -1.62. The van der Waals surface area contributed by atoms with Crippen LogP contribution in [0.4, 0.5) is 5.69 Å². The van der Waals surface area contributed by atoms with Crippen LogP contribution in [-0.4, -0.2) is 23.8 Å². The molecule has 1 aliphatic rings. The molecule has 8 heteroatoms. The second-order valence-corrected chi connectivity index (χ2v) is 22.5. The molecular weight excluding hydrogens is 618 g/mol. The summed E-state index contributed by atoms with van der Waals surface area (Å²) in [6.45, 7) is 27.9. The van der Waals surface area contributed by atoms with Crippen LogP contribution < -0.4 is 5.09 Å². The Labute approximate surface area is 263 Å². The van der Waals surface area contributed by atoms with E-state index in [9.17, 15) is 0 Å². The van der Waals surface area contributed by atoms with E-state index in [1.165, 1.54) is 28.7 Å². The minimum absolute atomic E-state index is 0.0376. The molecule has 226 valence electrons. The number of aryl methyl sites for hydroxylation is 1. The Bertz CT molecular complexity index is 1020. The molecular formula is C32H51Cl3CrN2OP+. The van der Waals surface area contributed by atoms with Gasteiger partial charge in [-0.15, -0.1) is 0 Å². The van der Waals surface area contributed by atoms with Gasteiger partial charge in [0.2, 0.25) is 0 Å². The number of nitrogens with zero attached hydrogens (tertiary/aromatic N) is 1. The number of para-hydroxylation sites is 1. The van der Waals surface area contributed by atoms with Gasteiger partial charge in [-0.25, -0.2) is 16.7 Å². The van der Waals surface area contributed by atoms with Crippen molar-refractivity contribution in [2.24, 2.45) is 4.99 Å². The van der Waals surface area contributed by atoms with Gasteiger partial charge < -0.3 is 4.74 Å². The van der Waals surface area contributed by atoms with Crippen molar-refractivity contribution >= 4 is 49.7 Å². The number of benzene rings is 2. The van der Waals surface area contributed by atoms with E-state index < -0.39 is 19.5 Å². The Morgan fingerprint density at radius 1 is 0.925 bits per heavy atom. The number of aliphatic imine (C=N–C) groups is 1. The van der Waals surface area contributed by atoms with Gasteiger partial charge in [-0.1, -0.05) is 90.4 Å². The summed E-state index contributed by atoms with van der Waals surface area (Å²) in [4.78, 5) is 5.32. The topological polar surface area (TPSA) is 33.6 Å². The first kappa shape index (κ1) is 37.7. The number of halogens is 3. The van der Waals surface area contributed by atoms with E-state index in [-0.39, 0.29) is 10.8 Å². The molecule has 2 aromatic carbocycles. The zero-order valence-electron chi connectivity index (χ0n) is 26.3. The average Bonchev–Trinajstić information content (AvgIpc) is 3.41. The third-order valence-corrected chi connectivity index (χ3v) is 9.52. The number of rotatable bonds is 5. The molecule has 1 saturated heterocycles. The fraction of sp³-hybridized carbons (Fsp3) is 0.562. The van der Waals surface area contributed by atoms with Crippen LogP contribution in [0, 0.1) is 13.5 Å². The molecule has 2 aromatic rings. The Morgan fingerprint density at radius 3 is 1.85 bits per heavy atom. The summed E-state index contributed by atoms with van der Waals surface area (Å²) in [7, 11) is 14.0. The maximum atomic E-state index is 5.32. The SMILES string of the molecule is Cc1cccc(C(C)(C)C)c1N=C(N[PH+](C(C)C)C(C)C)c1ccc(C(C)(C)C)cc1.[CH-]1CCCO1.[Cl][Cr+]([Cl])[Cl]. The van der Waals surface area contributed by atoms with Gasteiger partial charge in [0.1, 0.15) is 0 Å². The summed E-state index contributed by atoms with van der Waals surface area (Å²) < 4.78 is 4.82. The van der Waals surface area contributed by atoms with E-state index in [0.29, 0.717) is 11.3 Å². The molecule has 0 atom stereocenters. The van der Waals surface area contributed by atoms with Crippen LogP contribution >= 0.6 is 38.2 Å². The van der Waals surface area contributed by atoms with Gasteiger partial charge in [-0.3, -0.25) is 0 Å². The zero-order chi connectivity index (χ0) is 30.7. The fourth-order valence-electron chi connectivity index (χ4n) is 4.33. The van der Waals surface area contributed by atoms with Gasteiger partial charge >= 0.3 is 41.5 Å². The number of hydrogen-bond donors (Lipinski definition) is 1. The predicted molar refractivity (Wildman–Crippen MR) is 180 cm³/mol. The molecule has 0 aromatic heterocycles. The van der Waals surface area contributed by atoms with E-state index in [2.05, 4.69) is 124 Å². The van der Waals surface area contributed by atoms with Gasteiger partial charge in [0.25, 0.3) is 0 Å². The van der Waals surface area contributed by atoms with E-state index >= 15 is 0 Å². The van der Waals surface area contributed by atoms with Crippen molar-refractivity contribution in [1.29, 1.82) is 0 Å². The summed E-state index contributed by atoms with van der Waals surface area (Å²) in [6.07, 6.45) is 2.38. The van der Waals surface area contributed by atoms with Crippen LogP contribution in [0.3, 0.4) is 0 Å². The molecule has 40 heavy (non-hydrogen) atoms. The second kappa shape index (κ2) is 17.7. The molecule has 0 amide bonds. The van der Waals surface area contributed by atoms with Gasteiger partial charge in [-0.05, 0) is 62.1 Å². The number of hydrogen-bond acceptors (Lipinski definition) is 2. The van der Waals surface area contributed by atoms with E-state index in [1.54, 1.807) is 0 Å². The fourth-order valence-corrected chi connectivity index (χ4v) is 6.71. The van der Waals surface area contributed by atoms with Crippen LogP contribution in [0.1, 0.15) is 104 Å². The summed E-state index contributed by atoms with van der Waals surface area (Å²) in [5, 5.41) is 3.93. The first-order chi connectivity index (χ1) is 18.4. The maximum absolute atomic E-state index is 5.32. The molecule has 1 aliphatic heterocycles. The summed E-state index contributed by atoms with van der Waals surface area (Å²) in [6, 6.07) is 15.5. The van der Waals surface area contributed by atoms with Gasteiger partial charge in [0.05, 0.1) is 25.1 Å². The Kier molecular flexibility index (Phi) is 16.7. The van der Waals surface area contributed by atoms with Crippen molar-refractivity contribution in [3.8, 4) is 0 Å². The van der Waals surface area contributed by atoms with Crippen LogP contribution in [-0.2, 0) is 27.0 Å². The quantitative estimate of drug-likeness (QED) is 0.149. The predicted octanol–water partition coefficient (Wildman–Crippen LogP) is 11.2. The van der Waals surface area contributed by atoms with Crippen molar-refractivity contribution in [1.82, 2.24) is 5.09 Å². The van der Waals surface area contributed by atoms with Crippen LogP contribution in [0.2, 0.25) is 0 Å². The van der Waals surface area contributed by atoms with Crippen molar-refractivity contribution < 1.29 is 16.1 Å². The van der Waals surface area contributed by atoms with Gasteiger partial charge in [-0.2, -0.15) is 6.42 Å². The van der Waals surface area contributed by atoms with E-state index in [4.69, 9.17) is 39.9 Å². The number of amidine groups is 1. The third-order valence-electron chi connectivity index (χ3n) is 6.50. The molecule has 0 spiro atoms. The molecule has 0 radical (unpaired) electrons. The Hall–Kier alpha value is -0.298. The first-order valence-corrected chi connectivity index (χ1v) is 21.0. The average molecular weight is 669 g/mol. The number of ether oxygens (including phenoxy) is 1. The molecule has 0 aliphatic carbocycles. The zero-order valence-corrected chi connectivity index (χ0v) is 30.8. The molecule has 1 heterocycles. The molecule has 3 rings (SSSR count). The van der Waals surface area contributed by atoms with Crippen molar-refractivity contribution in [2.45, 2.75) is 111 Å². The van der Waals surface area contributed by atoms with E-state index in [0.717, 1.165) is 24.6 Å². The number of nitrogens with one attached hydrogen (secondary N) is 1. The van der Waals surface area contributed by atoms with Crippen molar-refractivity contribution in [3.05, 3.63) is 71.3 Å². The second-order valence-electron chi connectivity index (χ2n) is 12.8. The standard InChI is InChI=1S/C28H43N2P.C4H7O.3ClH.Cr/c1-19(2)31(20(3)4)30-26(22-15-17-23(18-16-22)27(6,7)8)29-25-21(5)13-12-14-24(25)28(9,10)11;1-2-4-5-3-1;;;;/h12-20H,1-11H3,(H,29,30);3H,1-2,4H2;3*1H;/q;-1;;;;+4/p-2. The van der Waals surface area contributed by atoms with Crippen LogP contribution in [0.5, 0.6) is 0 Å². The molecule has 1 fully saturated rings. The first-order valence-electron chi connectivity index (χ1n) is 14.0. The van der Waals surface area contributed by atoms with Gasteiger partial charge in [0, 0.05) is 12.2 Å². The van der Waals surface area contributed by atoms with Crippen LogP contribution in [0.25, 0.3) is 0 Å². The van der Waals surface area contributed by atoms with Crippen molar-refractivity contribution in [3.63, 3.8) is 0 Å². The minimum atomic E-state index is -1.62. The Morgan fingerprint density at radius 2 is 1.48 bits per heavy atom. The van der Waals surface area contributed by atoms with Crippen LogP contribution in [0.15, 0.2) is 47.5 Å². The molecule has 0 unspecified atom stereocenters. The summed E-state index contributed by atoms with van der Waals surface area (Å²) in [5.74, 6) is 1.01. The van der Waals surface area contributed by atoms with E-state index in [1.807, 2.05) is 6.61 Å². The summed E-state index contributed by atoms with van der Waals surface area (Å²) in [5.41, 5.74) is 7.54. The molecule has 1 N–H and O–H groups in total. The molecule has 3 nitrogen and oxygen atoms in total. The third kappa shape index (κ3) is 13.8. The van der Waals surface area contributed by atoms with Crippen molar-refractivity contribution in [2.75, 3.05) is 6.61 Å². The normalized spacial score (nSPS) is 14.3. The monoisotopic (exact) mass is 667 g/mol. The molecule has 0 bridgehead atoms. The Balaban J connectivity index is 0.000000756. The van der Waals surface area contributed by atoms with Gasteiger partial charge in [0.15, 0.2) is 5.84 Å².